The van der Waals surface area contributed by atoms with Gasteiger partial charge in [-0.25, -0.2) is 0 Å². The summed E-state index contributed by atoms with van der Waals surface area (Å²) in [7, 11) is 0. The van der Waals surface area contributed by atoms with Crippen molar-refractivity contribution >= 4 is 16.9 Å². The zero-order valence-corrected chi connectivity index (χ0v) is 16.9. The Morgan fingerprint density at radius 1 is 1.11 bits per heavy atom. The Kier molecular flexibility index (Phi) is 3.74. The summed E-state index contributed by atoms with van der Waals surface area (Å²) in [6.07, 6.45) is 14.1. The second-order valence-corrected chi connectivity index (χ2v) is 10.5. The second kappa shape index (κ2) is 6.11. The standard InChI is InChI=1S/C25H31NO2/c1-15(25-11-16-5-17(12-25)7-18(6-16)13-25)26-24(27)10-21-14-28-23-9-20-4-2-3-19(20)8-22(21)23/h8-9,14-18H,2-7,10-13H2,1H3,(H,26,27). The minimum atomic E-state index is 0.159. The fraction of sp³-hybridized carbons (Fsp3) is 0.640. The fourth-order valence-corrected chi connectivity index (χ4v) is 7.61. The van der Waals surface area contributed by atoms with Crippen molar-refractivity contribution in [3.8, 4) is 0 Å². The lowest BCUT2D eigenvalue weighted by Crippen LogP contribution is -2.56. The zero-order valence-electron chi connectivity index (χ0n) is 16.9. The molecule has 4 saturated carbocycles. The minimum absolute atomic E-state index is 0.159. The maximum absolute atomic E-state index is 12.9. The fourth-order valence-electron chi connectivity index (χ4n) is 7.61. The first kappa shape index (κ1) is 17.1. The summed E-state index contributed by atoms with van der Waals surface area (Å²) in [6.45, 7) is 2.27. The van der Waals surface area contributed by atoms with Gasteiger partial charge >= 0.3 is 0 Å². The molecular formula is C25H31NO2. The molecule has 0 spiro atoms. The van der Waals surface area contributed by atoms with Crippen molar-refractivity contribution in [1.82, 2.24) is 5.32 Å². The maximum Gasteiger partial charge on any atom is 0.224 e. The lowest BCUT2D eigenvalue weighted by atomic mass is 9.48. The second-order valence-electron chi connectivity index (χ2n) is 10.5. The monoisotopic (exact) mass is 377 g/mol. The molecule has 1 aromatic heterocycles. The molecule has 1 atom stereocenters. The topological polar surface area (TPSA) is 42.2 Å². The highest BCUT2D eigenvalue weighted by molar-refractivity contribution is 5.88. The number of carbonyl (C=O) groups excluding carboxylic acids is 1. The van der Waals surface area contributed by atoms with Crippen molar-refractivity contribution in [3.63, 3.8) is 0 Å². The number of hydrogen-bond donors (Lipinski definition) is 1. The van der Waals surface area contributed by atoms with Crippen molar-refractivity contribution in [2.24, 2.45) is 23.2 Å². The first-order chi connectivity index (χ1) is 13.6. The summed E-state index contributed by atoms with van der Waals surface area (Å²) in [6, 6.07) is 4.75. The highest BCUT2D eigenvalue weighted by Gasteiger charge is 2.53. The molecule has 5 aliphatic carbocycles. The maximum atomic E-state index is 12.9. The van der Waals surface area contributed by atoms with Gasteiger partial charge in [-0.1, -0.05) is 0 Å². The van der Waals surface area contributed by atoms with Crippen molar-refractivity contribution in [3.05, 3.63) is 35.1 Å². The number of aryl methyl sites for hydroxylation is 2. The SMILES string of the molecule is CC(NC(=O)Cc1coc2cc3c(cc12)CCC3)C12CC3CC(CC(C3)C1)C2. The van der Waals surface area contributed by atoms with Crippen LogP contribution >= 0.6 is 0 Å². The molecular weight excluding hydrogens is 346 g/mol. The van der Waals surface area contributed by atoms with Crippen LogP contribution in [0.15, 0.2) is 22.8 Å². The Morgan fingerprint density at radius 3 is 2.43 bits per heavy atom. The summed E-state index contributed by atoms with van der Waals surface area (Å²) in [5.41, 5.74) is 5.22. The Bertz CT molecular complexity index is 904. The average Bonchev–Trinajstić information content (AvgIpc) is 3.25. The van der Waals surface area contributed by atoms with Gasteiger partial charge in [-0.15, -0.1) is 0 Å². The van der Waals surface area contributed by atoms with Crippen molar-refractivity contribution in [2.45, 2.75) is 77.2 Å². The zero-order chi connectivity index (χ0) is 18.9. The predicted octanol–water partition coefficient (Wildman–Crippen LogP) is 5.19. The van der Waals surface area contributed by atoms with Gasteiger partial charge in [-0.05, 0) is 111 Å². The Labute approximate surface area is 167 Å². The number of benzene rings is 1. The van der Waals surface area contributed by atoms with E-state index in [2.05, 4.69) is 24.4 Å². The van der Waals surface area contributed by atoms with Crippen LogP contribution in [-0.2, 0) is 24.1 Å². The van der Waals surface area contributed by atoms with E-state index in [0.717, 1.165) is 47.1 Å². The smallest absolute Gasteiger partial charge is 0.224 e. The van der Waals surface area contributed by atoms with Crippen LogP contribution in [0.2, 0.25) is 0 Å². The molecule has 1 amide bonds. The van der Waals surface area contributed by atoms with E-state index >= 15 is 0 Å². The molecule has 4 bridgehead atoms. The number of rotatable bonds is 4. The van der Waals surface area contributed by atoms with E-state index in [1.165, 1.54) is 56.1 Å². The Morgan fingerprint density at radius 2 is 1.75 bits per heavy atom. The largest absolute Gasteiger partial charge is 0.464 e. The number of amides is 1. The van der Waals surface area contributed by atoms with Gasteiger partial charge in [0.15, 0.2) is 0 Å². The molecule has 5 aliphatic rings. The molecule has 4 fully saturated rings. The van der Waals surface area contributed by atoms with E-state index in [9.17, 15) is 4.79 Å². The van der Waals surface area contributed by atoms with Crippen LogP contribution in [-0.4, -0.2) is 11.9 Å². The van der Waals surface area contributed by atoms with Crippen LogP contribution in [0.1, 0.15) is 68.6 Å². The van der Waals surface area contributed by atoms with Gasteiger partial charge in [-0.2, -0.15) is 0 Å². The number of furan rings is 1. The van der Waals surface area contributed by atoms with Crippen LogP contribution in [0.3, 0.4) is 0 Å². The van der Waals surface area contributed by atoms with E-state index in [1.807, 2.05) is 0 Å². The van der Waals surface area contributed by atoms with Crippen LogP contribution in [0.4, 0.5) is 0 Å². The minimum Gasteiger partial charge on any atom is -0.464 e. The van der Waals surface area contributed by atoms with Crippen LogP contribution in [0, 0.1) is 23.2 Å². The van der Waals surface area contributed by atoms with Crippen LogP contribution in [0.5, 0.6) is 0 Å². The van der Waals surface area contributed by atoms with Gasteiger partial charge < -0.3 is 9.73 Å². The van der Waals surface area contributed by atoms with E-state index in [-0.39, 0.29) is 11.9 Å². The van der Waals surface area contributed by atoms with Crippen LogP contribution < -0.4 is 5.32 Å². The molecule has 0 radical (unpaired) electrons. The van der Waals surface area contributed by atoms with E-state index in [4.69, 9.17) is 4.42 Å². The molecule has 1 N–H and O–H groups in total. The molecule has 0 saturated heterocycles. The van der Waals surface area contributed by atoms with Gasteiger partial charge in [0.2, 0.25) is 5.91 Å². The lowest BCUT2D eigenvalue weighted by Gasteiger charge is -2.59. The van der Waals surface area contributed by atoms with Gasteiger partial charge in [0.25, 0.3) is 0 Å². The van der Waals surface area contributed by atoms with Crippen molar-refractivity contribution < 1.29 is 9.21 Å². The van der Waals surface area contributed by atoms with Crippen LogP contribution in [0.25, 0.3) is 11.0 Å². The highest BCUT2D eigenvalue weighted by atomic mass is 16.3. The van der Waals surface area contributed by atoms with E-state index in [0.29, 0.717) is 11.8 Å². The third-order valence-electron chi connectivity index (χ3n) is 8.60. The summed E-state index contributed by atoms with van der Waals surface area (Å²) in [5, 5.41) is 4.55. The summed E-state index contributed by atoms with van der Waals surface area (Å²) < 4.78 is 5.80. The van der Waals surface area contributed by atoms with E-state index < -0.39 is 0 Å². The van der Waals surface area contributed by atoms with Gasteiger partial charge in [0.05, 0.1) is 12.7 Å². The summed E-state index contributed by atoms with van der Waals surface area (Å²) >= 11 is 0. The van der Waals surface area contributed by atoms with Gasteiger partial charge in [0, 0.05) is 17.0 Å². The first-order valence-electron chi connectivity index (χ1n) is 11.4. The van der Waals surface area contributed by atoms with Crippen molar-refractivity contribution in [1.29, 1.82) is 0 Å². The summed E-state index contributed by atoms with van der Waals surface area (Å²) in [5.74, 6) is 2.92. The van der Waals surface area contributed by atoms with Gasteiger partial charge in [0.1, 0.15) is 5.58 Å². The summed E-state index contributed by atoms with van der Waals surface area (Å²) in [4.78, 5) is 12.9. The number of nitrogens with one attached hydrogen (secondary N) is 1. The predicted molar refractivity (Wildman–Crippen MR) is 110 cm³/mol. The highest BCUT2D eigenvalue weighted by Crippen LogP contribution is 2.61. The molecule has 148 valence electrons. The third kappa shape index (κ3) is 2.65. The molecule has 1 aromatic carbocycles. The molecule has 0 aliphatic heterocycles. The molecule has 7 rings (SSSR count). The lowest BCUT2D eigenvalue weighted by molar-refractivity contribution is -0.125. The normalized spacial score (nSPS) is 34.0. The molecule has 1 heterocycles. The van der Waals surface area contributed by atoms with E-state index in [1.54, 1.807) is 6.26 Å². The van der Waals surface area contributed by atoms with Gasteiger partial charge in [-0.3, -0.25) is 4.79 Å². The average molecular weight is 378 g/mol. The molecule has 3 nitrogen and oxygen atoms in total. The Balaban J connectivity index is 1.18. The molecule has 28 heavy (non-hydrogen) atoms. The quantitative estimate of drug-likeness (QED) is 0.797. The Hall–Kier alpha value is -1.77. The molecule has 3 heteroatoms. The number of fused-ring (bicyclic) bond motifs is 2. The third-order valence-corrected chi connectivity index (χ3v) is 8.60. The van der Waals surface area contributed by atoms with Crippen molar-refractivity contribution in [2.75, 3.05) is 0 Å². The number of hydrogen-bond acceptors (Lipinski definition) is 2. The molecule has 1 unspecified atom stereocenters. The first-order valence-corrected chi connectivity index (χ1v) is 11.4. The number of carbonyl (C=O) groups is 1. The molecule has 2 aromatic rings.